The number of furan rings is 1. The molecule has 0 atom stereocenters. The Kier molecular flexibility index (Phi) is 4.21. The quantitative estimate of drug-likeness (QED) is 0.229. The standard InChI is InChI=1S/C35H20N2OS/c1-3-7-30-24(5-1)26-17-21(22-10-13-33-27(18-22)25-6-2-4-8-32(25)38-33)9-12-31(26)37(30)23-11-14-34-28(19-23)29-20-36-16-15-35(29)39-34/h1-20H. The summed E-state index contributed by atoms with van der Waals surface area (Å²) in [6.07, 6.45) is 3.85. The first-order valence-electron chi connectivity index (χ1n) is 13.0. The van der Waals surface area contributed by atoms with Crippen LogP contribution in [0.3, 0.4) is 0 Å². The largest absolute Gasteiger partial charge is 0.456 e. The van der Waals surface area contributed by atoms with Gasteiger partial charge in [-0.15, -0.1) is 11.3 Å². The van der Waals surface area contributed by atoms with Gasteiger partial charge in [0.25, 0.3) is 0 Å². The lowest BCUT2D eigenvalue weighted by atomic mass is 10.0. The molecule has 0 saturated heterocycles. The summed E-state index contributed by atoms with van der Waals surface area (Å²) >= 11 is 1.82. The Hall–Kier alpha value is -4.93. The number of hydrogen-bond acceptors (Lipinski definition) is 3. The summed E-state index contributed by atoms with van der Waals surface area (Å²) in [6, 6.07) is 39.2. The van der Waals surface area contributed by atoms with Crippen molar-refractivity contribution in [2.75, 3.05) is 0 Å². The third-order valence-corrected chi connectivity index (χ3v) is 9.05. The molecule has 0 saturated carbocycles. The fourth-order valence-corrected chi connectivity index (χ4v) is 7.14. The Bertz CT molecular complexity index is 2410. The summed E-state index contributed by atoms with van der Waals surface area (Å²) in [7, 11) is 0. The second-order valence-electron chi connectivity index (χ2n) is 10.0. The lowest BCUT2D eigenvalue weighted by Gasteiger charge is -2.09. The van der Waals surface area contributed by atoms with E-state index in [1.54, 1.807) is 0 Å². The predicted molar refractivity (Wildman–Crippen MR) is 164 cm³/mol. The Labute approximate surface area is 227 Å². The zero-order chi connectivity index (χ0) is 25.5. The molecule has 0 aliphatic carbocycles. The van der Waals surface area contributed by atoms with Gasteiger partial charge in [0.2, 0.25) is 0 Å². The molecule has 0 aliphatic rings. The molecule has 4 aromatic heterocycles. The van der Waals surface area contributed by atoms with Gasteiger partial charge in [-0.25, -0.2) is 0 Å². The summed E-state index contributed by atoms with van der Waals surface area (Å²) in [5.74, 6) is 0. The van der Waals surface area contributed by atoms with Gasteiger partial charge in [-0.1, -0.05) is 48.5 Å². The van der Waals surface area contributed by atoms with E-state index in [1.807, 2.05) is 35.9 Å². The maximum absolute atomic E-state index is 6.07. The zero-order valence-corrected chi connectivity index (χ0v) is 21.6. The van der Waals surface area contributed by atoms with Gasteiger partial charge in [-0.3, -0.25) is 4.98 Å². The van der Waals surface area contributed by atoms with Crippen LogP contribution in [-0.4, -0.2) is 9.55 Å². The fourth-order valence-electron chi connectivity index (χ4n) is 6.08. The first kappa shape index (κ1) is 21.1. The molecular weight excluding hydrogens is 496 g/mol. The minimum absolute atomic E-state index is 0.921. The third kappa shape index (κ3) is 3.01. The Morgan fingerprint density at radius 2 is 1.28 bits per heavy atom. The average molecular weight is 517 g/mol. The number of aromatic nitrogens is 2. The maximum Gasteiger partial charge on any atom is 0.135 e. The minimum atomic E-state index is 0.921. The topological polar surface area (TPSA) is 31.0 Å². The van der Waals surface area contributed by atoms with Crippen LogP contribution in [0.2, 0.25) is 0 Å². The van der Waals surface area contributed by atoms with Crippen LogP contribution < -0.4 is 0 Å². The monoisotopic (exact) mass is 516 g/mol. The van der Waals surface area contributed by atoms with Crippen molar-refractivity contribution in [1.29, 1.82) is 0 Å². The SMILES string of the molecule is c1ccc2c(c1)oc1ccc(-c3ccc4c(c3)c3ccccc3n4-c3ccc4sc5ccncc5c4c3)cc12. The molecule has 182 valence electrons. The van der Waals surface area contributed by atoms with Crippen LogP contribution >= 0.6 is 11.3 Å². The smallest absolute Gasteiger partial charge is 0.135 e. The lowest BCUT2D eigenvalue weighted by Crippen LogP contribution is -1.93. The van der Waals surface area contributed by atoms with E-state index in [9.17, 15) is 0 Å². The Morgan fingerprint density at radius 1 is 0.538 bits per heavy atom. The Morgan fingerprint density at radius 3 is 2.23 bits per heavy atom. The highest BCUT2D eigenvalue weighted by molar-refractivity contribution is 7.25. The molecule has 0 bridgehead atoms. The fraction of sp³-hybridized carbons (Fsp3) is 0. The van der Waals surface area contributed by atoms with Crippen molar-refractivity contribution in [2.45, 2.75) is 0 Å². The van der Waals surface area contributed by atoms with Gasteiger partial charge in [0.05, 0.1) is 11.0 Å². The van der Waals surface area contributed by atoms with Crippen molar-refractivity contribution >= 4 is 75.3 Å². The molecule has 0 fully saturated rings. The maximum atomic E-state index is 6.07. The molecule has 4 heteroatoms. The van der Waals surface area contributed by atoms with Crippen LogP contribution in [-0.2, 0) is 0 Å². The molecular formula is C35H20N2OS. The van der Waals surface area contributed by atoms with Crippen LogP contribution in [0.5, 0.6) is 0 Å². The second-order valence-corrected chi connectivity index (χ2v) is 11.1. The van der Waals surface area contributed by atoms with Crippen molar-refractivity contribution in [3.8, 4) is 16.8 Å². The van der Waals surface area contributed by atoms with E-state index >= 15 is 0 Å². The average Bonchev–Trinajstić information content (AvgIpc) is 3.65. The van der Waals surface area contributed by atoms with Crippen molar-refractivity contribution in [3.05, 3.63) is 122 Å². The second kappa shape index (κ2) is 7.79. The molecule has 4 heterocycles. The minimum Gasteiger partial charge on any atom is -0.456 e. The molecule has 0 radical (unpaired) electrons. The number of thiophene rings is 1. The number of pyridine rings is 1. The highest BCUT2D eigenvalue weighted by Gasteiger charge is 2.15. The summed E-state index contributed by atoms with van der Waals surface area (Å²) in [4.78, 5) is 4.39. The van der Waals surface area contributed by atoms with Crippen LogP contribution in [0.4, 0.5) is 0 Å². The molecule has 39 heavy (non-hydrogen) atoms. The zero-order valence-electron chi connectivity index (χ0n) is 20.8. The number of para-hydroxylation sites is 2. The molecule has 0 N–H and O–H groups in total. The highest BCUT2D eigenvalue weighted by Crippen LogP contribution is 2.39. The Balaban J connectivity index is 1.28. The summed E-state index contributed by atoms with van der Waals surface area (Å²) in [5.41, 5.74) is 7.80. The first-order chi connectivity index (χ1) is 19.3. The third-order valence-electron chi connectivity index (χ3n) is 7.90. The molecule has 9 aromatic rings. The number of hydrogen-bond donors (Lipinski definition) is 0. The molecule has 0 unspecified atom stereocenters. The molecule has 5 aromatic carbocycles. The van der Waals surface area contributed by atoms with E-state index in [4.69, 9.17) is 4.42 Å². The molecule has 0 spiro atoms. The van der Waals surface area contributed by atoms with Gasteiger partial charge in [-0.2, -0.15) is 0 Å². The van der Waals surface area contributed by atoms with Gasteiger partial charge in [0.1, 0.15) is 11.2 Å². The van der Waals surface area contributed by atoms with E-state index in [0.717, 1.165) is 27.6 Å². The predicted octanol–water partition coefficient (Wildman–Crippen LogP) is 10.1. The van der Waals surface area contributed by atoms with Gasteiger partial charge in [0.15, 0.2) is 0 Å². The van der Waals surface area contributed by atoms with Gasteiger partial charge in [0, 0.05) is 59.8 Å². The number of nitrogens with zero attached hydrogens (tertiary/aromatic N) is 2. The van der Waals surface area contributed by atoms with Crippen LogP contribution in [0.25, 0.3) is 80.7 Å². The van der Waals surface area contributed by atoms with Crippen LogP contribution in [0.1, 0.15) is 0 Å². The van der Waals surface area contributed by atoms with Crippen molar-refractivity contribution in [3.63, 3.8) is 0 Å². The lowest BCUT2D eigenvalue weighted by molar-refractivity contribution is 0.669. The summed E-state index contributed by atoms with van der Waals surface area (Å²) < 4.78 is 11.0. The van der Waals surface area contributed by atoms with Crippen molar-refractivity contribution in [2.24, 2.45) is 0 Å². The van der Waals surface area contributed by atoms with E-state index in [-0.39, 0.29) is 0 Å². The summed E-state index contributed by atoms with van der Waals surface area (Å²) in [5, 5.41) is 7.27. The van der Waals surface area contributed by atoms with Crippen LogP contribution in [0, 0.1) is 0 Å². The molecule has 9 rings (SSSR count). The summed E-state index contributed by atoms with van der Waals surface area (Å²) in [6.45, 7) is 0. The normalized spacial score (nSPS) is 12.1. The molecule has 3 nitrogen and oxygen atoms in total. The number of rotatable bonds is 2. The highest BCUT2D eigenvalue weighted by atomic mass is 32.1. The van der Waals surface area contributed by atoms with E-state index in [2.05, 4.69) is 107 Å². The molecule has 0 amide bonds. The van der Waals surface area contributed by atoms with Crippen molar-refractivity contribution < 1.29 is 4.42 Å². The van der Waals surface area contributed by atoms with Crippen molar-refractivity contribution in [1.82, 2.24) is 9.55 Å². The number of benzene rings is 5. The van der Waals surface area contributed by atoms with E-state index in [0.29, 0.717) is 0 Å². The van der Waals surface area contributed by atoms with E-state index < -0.39 is 0 Å². The van der Waals surface area contributed by atoms with Gasteiger partial charge >= 0.3 is 0 Å². The van der Waals surface area contributed by atoms with Gasteiger partial charge < -0.3 is 8.98 Å². The van der Waals surface area contributed by atoms with Gasteiger partial charge in [-0.05, 0) is 71.8 Å². The first-order valence-corrected chi connectivity index (χ1v) is 13.8. The molecule has 0 aliphatic heterocycles. The number of fused-ring (bicyclic) bond motifs is 9. The van der Waals surface area contributed by atoms with E-state index in [1.165, 1.54) is 53.1 Å². The van der Waals surface area contributed by atoms with Crippen LogP contribution in [0.15, 0.2) is 126 Å².